The molecule has 25 heavy (non-hydrogen) atoms. The van der Waals surface area contributed by atoms with E-state index in [1.165, 1.54) is 16.8 Å². The number of hydrogen-bond acceptors (Lipinski definition) is 4. The highest BCUT2D eigenvalue weighted by Crippen LogP contribution is 2.25. The summed E-state index contributed by atoms with van der Waals surface area (Å²) in [5, 5.41) is 3.53. The Kier molecular flexibility index (Phi) is 5.68. The van der Waals surface area contributed by atoms with Crippen LogP contribution in [0.2, 0.25) is 0 Å². The molecule has 1 aliphatic heterocycles. The van der Waals surface area contributed by atoms with Crippen LogP contribution < -0.4 is 5.32 Å². The molecule has 1 N–H and O–H groups in total. The van der Waals surface area contributed by atoms with Crippen LogP contribution in [0, 0.1) is 0 Å². The molecular formula is C19H24ClN5. The van der Waals surface area contributed by atoms with Crippen molar-refractivity contribution in [3.8, 4) is 0 Å². The molecule has 0 saturated carbocycles. The van der Waals surface area contributed by atoms with Crippen LogP contribution in [0.5, 0.6) is 0 Å². The first-order valence-corrected chi connectivity index (χ1v) is 8.64. The van der Waals surface area contributed by atoms with E-state index >= 15 is 0 Å². The standard InChI is InChI=1S/C19H23N5.ClH/c1-2-15-3-5-16(6-4-15)18-12-20-7-9-23(18)14-17-11-22-19-13-21-8-10-24(17)19;/h3-6,8,10-11,13,18,20H,2,7,9,12,14H2,1H3;1H. The first-order chi connectivity index (χ1) is 11.8. The first kappa shape index (κ1) is 17.9. The summed E-state index contributed by atoms with van der Waals surface area (Å²) in [5.74, 6) is 0. The van der Waals surface area contributed by atoms with Gasteiger partial charge in [-0.25, -0.2) is 4.98 Å². The third kappa shape index (κ3) is 3.68. The van der Waals surface area contributed by atoms with Gasteiger partial charge in [0.05, 0.1) is 18.1 Å². The van der Waals surface area contributed by atoms with Gasteiger partial charge in [-0.2, -0.15) is 0 Å². The van der Waals surface area contributed by atoms with E-state index in [4.69, 9.17) is 0 Å². The van der Waals surface area contributed by atoms with Crippen molar-refractivity contribution in [1.29, 1.82) is 0 Å². The Hall–Kier alpha value is -1.95. The lowest BCUT2D eigenvalue weighted by atomic mass is 10.0. The highest BCUT2D eigenvalue weighted by Gasteiger charge is 2.24. The molecule has 0 bridgehead atoms. The van der Waals surface area contributed by atoms with E-state index in [9.17, 15) is 0 Å². The van der Waals surface area contributed by atoms with E-state index < -0.39 is 0 Å². The highest BCUT2D eigenvalue weighted by atomic mass is 35.5. The molecule has 0 radical (unpaired) electrons. The van der Waals surface area contributed by atoms with E-state index in [0.717, 1.165) is 38.2 Å². The average molecular weight is 358 g/mol. The number of nitrogens with one attached hydrogen (secondary N) is 1. The number of aryl methyl sites for hydroxylation is 1. The van der Waals surface area contributed by atoms with E-state index in [0.29, 0.717) is 6.04 Å². The van der Waals surface area contributed by atoms with E-state index in [1.807, 2.05) is 24.8 Å². The Morgan fingerprint density at radius 1 is 1.20 bits per heavy atom. The zero-order valence-corrected chi connectivity index (χ0v) is 15.2. The van der Waals surface area contributed by atoms with Gasteiger partial charge in [0.1, 0.15) is 0 Å². The number of rotatable bonds is 4. The third-order valence-electron chi connectivity index (χ3n) is 4.89. The molecule has 0 amide bonds. The fourth-order valence-electron chi connectivity index (χ4n) is 3.46. The fourth-order valence-corrected chi connectivity index (χ4v) is 3.46. The van der Waals surface area contributed by atoms with Gasteiger partial charge in [0.15, 0.2) is 5.65 Å². The van der Waals surface area contributed by atoms with Gasteiger partial charge in [-0.15, -0.1) is 12.4 Å². The van der Waals surface area contributed by atoms with Crippen molar-refractivity contribution in [2.75, 3.05) is 19.6 Å². The van der Waals surface area contributed by atoms with Crippen LogP contribution in [0.3, 0.4) is 0 Å². The zero-order valence-electron chi connectivity index (χ0n) is 14.4. The van der Waals surface area contributed by atoms with Crippen LogP contribution >= 0.6 is 12.4 Å². The first-order valence-electron chi connectivity index (χ1n) is 8.64. The van der Waals surface area contributed by atoms with Crippen LogP contribution in [-0.2, 0) is 13.0 Å². The van der Waals surface area contributed by atoms with Crippen molar-refractivity contribution in [2.24, 2.45) is 0 Å². The summed E-state index contributed by atoms with van der Waals surface area (Å²) >= 11 is 0. The van der Waals surface area contributed by atoms with Gasteiger partial charge >= 0.3 is 0 Å². The smallest absolute Gasteiger partial charge is 0.155 e. The monoisotopic (exact) mass is 357 g/mol. The van der Waals surface area contributed by atoms with Crippen LogP contribution in [0.4, 0.5) is 0 Å². The van der Waals surface area contributed by atoms with Crippen molar-refractivity contribution < 1.29 is 0 Å². The van der Waals surface area contributed by atoms with Crippen LogP contribution in [0.1, 0.15) is 29.8 Å². The molecule has 6 heteroatoms. The normalized spacial score (nSPS) is 18.2. The Morgan fingerprint density at radius 3 is 2.84 bits per heavy atom. The molecular weight excluding hydrogens is 334 g/mol. The highest BCUT2D eigenvalue weighted by molar-refractivity contribution is 5.85. The summed E-state index contributed by atoms with van der Waals surface area (Å²) in [6.07, 6.45) is 8.67. The summed E-state index contributed by atoms with van der Waals surface area (Å²) in [7, 11) is 0. The molecule has 3 aromatic rings. The van der Waals surface area contributed by atoms with E-state index in [1.54, 1.807) is 0 Å². The Bertz CT molecular complexity index is 814. The van der Waals surface area contributed by atoms with Gasteiger partial charge in [0.2, 0.25) is 0 Å². The number of hydrogen-bond donors (Lipinski definition) is 1. The minimum absolute atomic E-state index is 0. The lowest BCUT2D eigenvalue weighted by molar-refractivity contribution is 0.151. The number of aromatic nitrogens is 3. The Labute approximate surface area is 154 Å². The molecule has 1 unspecified atom stereocenters. The number of imidazole rings is 1. The molecule has 0 aliphatic carbocycles. The zero-order chi connectivity index (χ0) is 16.4. The summed E-state index contributed by atoms with van der Waals surface area (Å²) in [6, 6.07) is 9.46. The Balaban J connectivity index is 0.00000182. The minimum atomic E-state index is 0. The van der Waals surface area contributed by atoms with Gasteiger partial charge in [-0.05, 0) is 17.5 Å². The molecule has 1 saturated heterocycles. The van der Waals surface area contributed by atoms with Gasteiger partial charge in [0.25, 0.3) is 0 Å². The maximum Gasteiger partial charge on any atom is 0.155 e. The molecule has 132 valence electrons. The SMILES string of the molecule is CCc1ccc(C2CNCCN2Cc2cnc3cnccn23)cc1.Cl. The van der Waals surface area contributed by atoms with Crippen molar-refractivity contribution in [3.63, 3.8) is 0 Å². The number of nitrogens with zero attached hydrogens (tertiary/aromatic N) is 4. The quantitative estimate of drug-likeness (QED) is 0.780. The fraction of sp³-hybridized carbons (Fsp3) is 0.368. The molecule has 1 aliphatic rings. The molecule has 1 fully saturated rings. The number of halogens is 1. The van der Waals surface area contributed by atoms with E-state index in [2.05, 4.69) is 55.8 Å². The second kappa shape index (κ2) is 7.95. The van der Waals surface area contributed by atoms with Gasteiger partial charge < -0.3 is 5.32 Å². The lowest BCUT2D eigenvalue weighted by Crippen LogP contribution is -2.45. The second-order valence-electron chi connectivity index (χ2n) is 6.34. The summed E-state index contributed by atoms with van der Waals surface area (Å²) in [4.78, 5) is 11.2. The summed E-state index contributed by atoms with van der Waals surface area (Å²) < 4.78 is 2.13. The van der Waals surface area contributed by atoms with Crippen LogP contribution in [-0.4, -0.2) is 38.9 Å². The third-order valence-corrected chi connectivity index (χ3v) is 4.89. The summed E-state index contributed by atoms with van der Waals surface area (Å²) in [6.45, 7) is 6.15. The van der Waals surface area contributed by atoms with Gasteiger partial charge in [-0.3, -0.25) is 14.3 Å². The maximum atomic E-state index is 4.46. The predicted molar refractivity (Wildman–Crippen MR) is 102 cm³/mol. The summed E-state index contributed by atoms with van der Waals surface area (Å²) in [5.41, 5.74) is 4.90. The van der Waals surface area contributed by atoms with Crippen LogP contribution in [0.25, 0.3) is 5.65 Å². The van der Waals surface area contributed by atoms with Crippen molar-refractivity contribution >= 4 is 18.1 Å². The van der Waals surface area contributed by atoms with Gasteiger partial charge in [-0.1, -0.05) is 31.2 Å². The van der Waals surface area contributed by atoms with Crippen molar-refractivity contribution in [1.82, 2.24) is 24.6 Å². The molecule has 1 atom stereocenters. The topological polar surface area (TPSA) is 45.5 Å². The second-order valence-corrected chi connectivity index (χ2v) is 6.34. The number of fused-ring (bicyclic) bond motifs is 1. The molecule has 2 aromatic heterocycles. The molecule has 4 rings (SSSR count). The Morgan fingerprint density at radius 2 is 2.04 bits per heavy atom. The van der Waals surface area contributed by atoms with Crippen molar-refractivity contribution in [3.05, 3.63) is 65.9 Å². The maximum absolute atomic E-state index is 4.46. The van der Waals surface area contributed by atoms with E-state index in [-0.39, 0.29) is 12.4 Å². The number of benzene rings is 1. The number of piperazine rings is 1. The molecule has 0 spiro atoms. The molecule has 3 heterocycles. The molecule has 1 aromatic carbocycles. The predicted octanol–water partition coefficient (Wildman–Crippen LogP) is 2.86. The van der Waals surface area contributed by atoms with Crippen molar-refractivity contribution in [2.45, 2.75) is 25.9 Å². The lowest BCUT2D eigenvalue weighted by Gasteiger charge is -2.36. The van der Waals surface area contributed by atoms with Crippen LogP contribution in [0.15, 0.2) is 49.1 Å². The largest absolute Gasteiger partial charge is 0.314 e. The molecule has 5 nitrogen and oxygen atoms in total. The average Bonchev–Trinajstić information content (AvgIpc) is 3.05. The van der Waals surface area contributed by atoms with Gasteiger partial charge in [0, 0.05) is 44.6 Å². The minimum Gasteiger partial charge on any atom is -0.314 e.